The molecule has 9 heteroatoms. The summed E-state index contributed by atoms with van der Waals surface area (Å²) < 4.78 is 1.63. The van der Waals surface area contributed by atoms with E-state index in [2.05, 4.69) is 33.8 Å². The van der Waals surface area contributed by atoms with Crippen molar-refractivity contribution in [1.82, 2.24) is 20.2 Å². The Morgan fingerprint density at radius 1 is 1.31 bits per heavy atom. The summed E-state index contributed by atoms with van der Waals surface area (Å²) in [5, 5.41) is 25.5. The third-order valence-corrected chi connectivity index (χ3v) is 7.17. The number of rotatable bonds is 5. The third-order valence-electron chi connectivity index (χ3n) is 5.04. The molecule has 0 spiro atoms. The number of nitriles is 1. The van der Waals surface area contributed by atoms with Crippen molar-refractivity contribution in [3.05, 3.63) is 45.3 Å². The molecule has 1 aliphatic carbocycles. The number of benzene rings is 1. The number of tetrazole rings is 1. The highest BCUT2D eigenvalue weighted by molar-refractivity contribution is 7.99. The highest BCUT2D eigenvalue weighted by atomic mass is 32.2. The molecule has 0 atom stereocenters. The summed E-state index contributed by atoms with van der Waals surface area (Å²) in [6, 6.07) is 8.27. The number of carbonyl (C=O) groups excluding carboxylic acids is 1. The average molecular weight is 425 g/mol. The van der Waals surface area contributed by atoms with Gasteiger partial charge in [-0.2, -0.15) is 9.94 Å². The zero-order valence-electron chi connectivity index (χ0n) is 16.2. The summed E-state index contributed by atoms with van der Waals surface area (Å²) in [5.74, 6) is -0.00158. The van der Waals surface area contributed by atoms with Crippen LogP contribution in [-0.2, 0) is 17.6 Å². The molecule has 0 aliphatic heterocycles. The zero-order chi connectivity index (χ0) is 20.4. The Morgan fingerprint density at radius 3 is 2.93 bits per heavy atom. The van der Waals surface area contributed by atoms with Crippen LogP contribution in [0.15, 0.2) is 23.4 Å². The quantitative estimate of drug-likeness (QED) is 0.626. The van der Waals surface area contributed by atoms with E-state index in [0.29, 0.717) is 15.7 Å². The second-order valence-corrected chi connectivity index (χ2v) is 9.05. The highest BCUT2D eigenvalue weighted by Gasteiger charge is 2.22. The smallest absolute Gasteiger partial charge is 0.235 e. The van der Waals surface area contributed by atoms with E-state index < -0.39 is 0 Å². The molecular formula is C20H20N6OS2. The molecule has 0 unspecified atom stereocenters. The SMILES string of the molecule is Cc1ccc(-n2nnnc2SCC(=O)Nc2sc3c(c2C#N)CCCC3)cc1C. The summed E-state index contributed by atoms with van der Waals surface area (Å²) in [6.45, 7) is 4.09. The predicted molar refractivity (Wildman–Crippen MR) is 114 cm³/mol. The van der Waals surface area contributed by atoms with Crippen LogP contribution in [0.5, 0.6) is 0 Å². The molecule has 0 radical (unpaired) electrons. The van der Waals surface area contributed by atoms with Crippen LogP contribution >= 0.6 is 23.1 Å². The number of thiophene rings is 1. The van der Waals surface area contributed by atoms with Crippen LogP contribution < -0.4 is 5.32 Å². The number of hydrogen-bond donors (Lipinski definition) is 1. The fraction of sp³-hybridized carbons (Fsp3) is 0.350. The average Bonchev–Trinajstić information content (AvgIpc) is 3.32. The van der Waals surface area contributed by atoms with Gasteiger partial charge in [-0.05, 0) is 78.8 Å². The van der Waals surface area contributed by atoms with E-state index in [1.807, 2.05) is 25.1 Å². The van der Waals surface area contributed by atoms with E-state index in [1.165, 1.54) is 33.5 Å². The van der Waals surface area contributed by atoms with E-state index >= 15 is 0 Å². The number of fused-ring (bicyclic) bond motifs is 1. The Kier molecular flexibility index (Phi) is 5.65. The number of aryl methyl sites for hydroxylation is 3. The third kappa shape index (κ3) is 4.04. The number of anilines is 1. The van der Waals surface area contributed by atoms with E-state index in [-0.39, 0.29) is 11.7 Å². The first kappa shape index (κ1) is 19.6. The number of carbonyl (C=O) groups is 1. The van der Waals surface area contributed by atoms with Crippen molar-refractivity contribution in [2.75, 3.05) is 11.1 Å². The van der Waals surface area contributed by atoms with Crippen LogP contribution in [0.4, 0.5) is 5.00 Å². The summed E-state index contributed by atoms with van der Waals surface area (Å²) in [6.07, 6.45) is 4.15. The second kappa shape index (κ2) is 8.35. The van der Waals surface area contributed by atoms with E-state index in [4.69, 9.17) is 0 Å². The van der Waals surface area contributed by atoms with Gasteiger partial charge < -0.3 is 5.32 Å². The van der Waals surface area contributed by atoms with Gasteiger partial charge in [-0.3, -0.25) is 4.79 Å². The molecule has 3 aromatic rings. The first-order chi connectivity index (χ1) is 14.1. The van der Waals surface area contributed by atoms with Gasteiger partial charge in [0.25, 0.3) is 0 Å². The topological polar surface area (TPSA) is 96.5 Å². The standard InChI is InChI=1S/C20H20N6OS2/c1-12-7-8-14(9-13(12)2)26-20(23-24-25-26)28-11-18(27)22-19-16(10-21)15-5-3-4-6-17(15)29-19/h7-9H,3-6,11H2,1-2H3,(H,22,27). The maximum atomic E-state index is 12.5. The van der Waals surface area contributed by atoms with Crippen LogP contribution in [0.2, 0.25) is 0 Å². The van der Waals surface area contributed by atoms with E-state index in [9.17, 15) is 10.1 Å². The molecule has 148 valence electrons. The Labute approximate surface area is 177 Å². The molecule has 0 bridgehead atoms. The van der Waals surface area contributed by atoms with Crippen molar-refractivity contribution in [3.63, 3.8) is 0 Å². The maximum Gasteiger partial charge on any atom is 0.235 e. The second-order valence-electron chi connectivity index (χ2n) is 7.01. The fourth-order valence-electron chi connectivity index (χ4n) is 3.35. The van der Waals surface area contributed by atoms with Crippen LogP contribution in [0, 0.1) is 25.2 Å². The van der Waals surface area contributed by atoms with Crippen LogP contribution in [-0.4, -0.2) is 31.9 Å². The normalized spacial score (nSPS) is 13.0. The van der Waals surface area contributed by atoms with Crippen LogP contribution in [0.25, 0.3) is 5.69 Å². The molecule has 1 N–H and O–H groups in total. The molecule has 1 aromatic carbocycles. The predicted octanol–water partition coefficient (Wildman–Crippen LogP) is 3.82. The lowest BCUT2D eigenvalue weighted by Gasteiger charge is -2.09. The minimum Gasteiger partial charge on any atom is -0.316 e. The molecule has 4 rings (SSSR count). The lowest BCUT2D eigenvalue weighted by molar-refractivity contribution is -0.113. The molecule has 2 heterocycles. The molecular weight excluding hydrogens is 404 g/mol. The first-order valence-electron chi connectivity index (χ1n) is 9.40. The fourth-order valence-corrected chi connectivity index (χ4v) is 5.30. The monoisotopic (exact) mass is 424 g/mol. The van der Waals surface area contributed by atoms with Gasteiger partial charge in [0.05, 0.1) is 17.0 Å². The Bertz CT molecular complexity index is 1110. The van der Waals surface area contributed by atoms with Gasteiger partial charge in [0.15, 0.2) is 0 Å². The van der Waals surface area contributed by atoms with Gasteiger partial charge >= 0.3 is 0 Å². The van der Waals surface area contributed by atoms with Crippen molar-refractivity contribution in [2.45, 2.75) is 44.7 Å². The molecule has 2 aromatic heterocycles. The van der Waals surface area contributed by atoms with Crippen molar-refractivity contribution in [3.8, 4) is 11.8 Å². The van der Waals surface area contributed by atoms with Crippen LogP contribution in [0.1, 0.15) is 40.0 Å². The number of nitrogens with zero attached hydrogens (tertiary/aromatic N) is 5. The van der Waals surface area contributed by atoms with Gasteiger partial charge in [-0.25, -0.2) is 0 Å². The molecule has 29 heavy (non-hydrogen) atoms. The van der Waals surface area contributed by atoms with Crippen LogP contribution in [0.3, 0.4) is 0 Å². The van der Waals surface area contributed by atoms with Gasteiger partial charge in [-0.1, -0.05) is 17.8 Å². The molecule has 7 nitrogen and oxygen atoms in total. The van der Waals surface area contributed by atoms with E-state index in [1.54, 1.807) is 4.68 Å². The van der Waals surface area contributed by atoms with Crippen molar-refractivity contribution in [1.29, 1.82) is 5.26 Å². The lowest BCUT2D eigenvalue weighted by atomic mass is 9.96. The molecule has 0 saturated carbocycles. The first-order valence-corrected chi connectivity index (χ1v) is 11.2. The molecule has 0 fully saturated rings. The van der Waals surface area contributed by atoms with Gasteiger partial charge in [0.2, 0.25) is 11.1 Å². The Hall–Kier alpha value is -2.70. The Balaban J connectivity index is 1.45. The van der Waals surface area contributed by atoms with Crippen molar-refractivity contribution < 1.29 is 4.79 Å². The van der Waals surface area contributed by atoms with Crippen molar-refractivity contribution in [2.24, 2.45) is 0 Å². The number of hydrogen-bond acceptors (Lipinski definition) is 7. The minimum atomic E-state index is -0.167. The molecule has 0 saturated heterocycles. The molecule has 1 amide bonds. The lowest BCUT2D eigenvalue weighted by Crippen LogP contribution is -2.14. The largest absolute Gasteiger partial charge is 0.316 e. The Morgan fingerprint density at radius 2 is 2.14 bits per heavy atom. The summed E-state index contributed by atoms with van der Waals surface area (Å²) >= 11 is 2.80. The number of aromatic nitrogens is 4. The summed E-state index contributed by atoms with van der Waals surface area (Å²) in [4.78, 5) is 13.8. The van der Waals surface area contributed by atoms with Crippen molar-refractivity contribution >= 4 is 34.0 Å². The number of thioether (sulfide) groups is 1. The zero-order valence-corrected chi connectivity index (χ0v) is 17.9. The van der Waals surface area contributed by atoms with Gasteiger partial charge in [0, 0.05) is 4.88 Å². The number of amides is 1. The summed E-state index contributed by atoms with van der Waals surface area (Å²) in [5.41, 5.74) is 4.95. The van der Waals surface area contributed by atoms with Gasteiger partial charge in [0.1, 0.15) is 11.1 Å². The molecule has 1 aliphatic rings. The van der Waals surface area contributed by atoms with E-state index in [0.717, 1.165) is 42.5 Å². The highest BCUT2D eigenvalue weighted by Crippen LogP contribution is 2.37. The minimum absolute atomic E-state index is 0.165. The summed E-state index contributed by atoms with van der Waals surface area (Å²) in [7, 11) is 0. The number of nitrogens with one attached hydrogen (secondary N) is 1. The maximum absolute atomic E-state index is 12.5. The van der Waals surface area contributed by atoms with Gasteiger partial charge in [-0.15, -0.1) is 16.4 Å².